The van der Waals surface area contributed by atoms with Gasteiger partial charge in [0.1, 0.15) is 0 Å². The smallest absolute Gasteiger partial charge is 0.224 e. The van der Waals surface area contributed by atoms with E-state index in [4.69, 9.17) is 5.73 Å². The summed E-state index contributed by atoms with van der Waals surface area (Å²) in [5, 5.41) is 3.26. The predicted molar refractivity (Wildman–Crippen MR) is 63.5 cm³/mol. The summed E-state index contributed by atoms with van der Waals surface area (Å²) in [6, 6.07) is 0. The van der Waals surface area contributed by atoms with E-state index in [0.717, 1.165) is 13.0 Å². The van der Waals surface area contributed by atoms with Gasteiger partial charge in [0.25, 0.3) is 0 Å². The SMILES string of the molecule is CSCCCCNCC(C)(C)C(N)=O. The van der Waals surface area contributed by atoms with Crippen LogP contribution in [0.3, 0.4) is 0 Å². The third-order valence-corrected chi connectivity index (χ3v) is 2.88. The van der Waals surface area contributed by atoms with Gasteiger partial charge in [-0.25, -0.2) is 0 Å². The molecule has 84 valence electrons. The van der Waals surface area contributed by atoms with Crippen LogP contribution >= 0.6 is 11.8 Å². The summed E-state index contributed by atoms with van der Waals surface area (Å²) in [5.41, 5.74) is 4.82. The summed E-state index contributed by atoms with van der Waals surface area (Å²) in [6.45, 7) is 5.37. The van der Waals surface area contributed by atoms with Crippen LogP contribution in [0.5, 0.6) is 0 Å². The van der Waals surface area contributed by atoms with Gasteiger partial charge in [0, 0.05) is 6.54 Å². The molecule has 0 aliphatic carbocycles. The fraction of sp³-hybridized carbons (Fsp3) is 0.900. The third-order valence-electron chi connectivity index (χ3n) is 2.19. The number of hydrogen-bond donors (Lipinski definition) is 2. The molecule has 0 radical (unpaired) electrons. The lowest BCUT2D eigenvalue weighted by atomic mass is 9.93. The largest absolute Gasteiger partial charge is 0.369 e. The molecule has 0 spiro atoms. The maximum atomic E-state index is 11.0. The number of amides is 1. The van der Waals surface area contributed by atoms with E-state index in [9.17, 15) is 4.79 Å². The van der Waals surface area contributed by atoms with Crippen LogP contribution in [0.15, 0.2) is 0 Å². The van der Waals surface area contributed by atoms with Crippen molar-refractivity contribution in [1.82, 2.24) is 5.32 Å². The Morgan fingerprint density at radius 2 is 2.07 bits per heavy atom. The predicted octanol–water partition coefficient (Wildman–Crippen LogP) is 1.23. The number of rotatable bonds is 8. The Balaban J connectivity index is 3.40. The van der Waals surface area contributed by atoms with Crippen LogP contribution in [0.25, 0.3) is 0 Å². The molecular formula is C10H22N2OS. The number of primary amides is 1. The first kappa shape index (κ1) is 13.8. The second kappa shape index (κ2) is 7.12. The van der Waals surface area contributed by atoms with Gasteiger partial charge >= 0.3 is 0 Å². The fourth-order valence-electron chi connectivity index (χ4n) is 0.984. The first-order valence-electron chi connectivity index (χ1n) is 5.00. The van der Waals surface area contributed by atoms with Crippen LogP contribution < -0.4 is 11.1 Å². The Labute approximate surface area is 91.2 Å². The normalized spacial score (nSPS) is 11.6. The Kier molecular flexibility index (Phi) is 7.01. The lowest BCUT2D eigenvalue weighted by Crippen LogP contribution is -2.40. The molecule has 4 heteroatoms. The van der Waals surface area contributed by atoms with Gasteiger partial charge in [0.15, 0.2) is 0 Å². The highest BCUT2D eigenvalue weighted by Crippen LogP contribution is 2.11. The summed E-state index contributed by atoms with van der Waals surface area (Å²) < 4.78 is 0. The van der Waals surface area contributed by atoms with Crippen molar-refractivity contribution in [3.05, 3.63) is 0 Å². The van der Waals surface area contributed by atoms with Gasteiger partial charge in [0.05, 0.1) is 5.41 Å². The van der Waals surface area contributed by atoms with Crippen LogP contribution in [0.4, 0.5) is 0 Å². The van der Waals surface area contributed by atoms with E-state index in [0.29, 0.717) is 6.54 Å². The minimum absolute atomic E-state index is 0.242. The van der Waals surface area contributed by atoms with Crippen molar-refractivity contribution in [1.29, 1.82) is 0 Å². The minimum Gasteiger partial charge on any atom is -0.369 e. The molecule has 0 unspecified atom stereocenters. The van der Waals surface area contributed by atoms with Crippen molar-refractivity contribution in [2.45, 2.75) is 26.7 Å². The number of carbonyl (C=O) groups excluding carboxylic acids is 1. The monoisotopic (exact) mass is 218 g/mol. The molecule has 3 N–H and O–H groups in total. The van der Waals surface area contributed by atoms with E-state index in [-0.39, 0.29) is 5.91 Å². The molecule has 3 nitrogen and oxygen atoms in total. The zero-order chi connectivity index (χ0) is 11.0. The number of unbranched alkanes of at least 4 members (excludes halogenated alkanes) is 1. The van der Waals surface area contributed by atoms with Gasteiger partial charge in [-0.05, 0) is 45.2 Å². The number of thioether (sulfide) groups is 1. The first-order chi connectivity index (χ1) is 6.50. The number of nitrogens with one attached hydrogen (secondary N) is 1. The highest BCUT2D eigenvalue weighted by atomic mass is 32.2. The van der Waals surface area contributed by atoms with Gasteiger partial charge in [-0.15, -0.1) is 0 Å². The molecule has 0 saturated heterocycles. The van der Waals surface area contributed by atoms with E-state index < -0.39 is 5.41 Å². The van der Waals surface area contributed by atoms with E-state index >= 15 is 0 Å². The fourth-order valence-corrected chi connectivity index (χ4v) is 1.48. The van der Waals surface area contributed by atoms with Crippen molar-refractivity contribution in [3.63, 3.8) is 0 Å². The molecule has 0 atom stereocenters. The Hall–Kier alpha value is -0.220. The molecular weight excluding hydrogens is 196 g/mol. The molecule has 0 saturated carbocycles. The second-order valence-electron chi connectivity index (χ2n) is 4.12. The average molecular weight is 218 g/mol. The number of nitrogens with two attached hydrogens (primary N) is 1. The summed E-state index contributed by atoms with van der Waals surface area (Å²) in [7, 11) is 0. The molecule has 0 bridgehead atoms. The van der Waals surface area contributed by atoms with E-state index in [1.54, 1.807) is 0 Å². The van der Waals surface area contributed by atoms with Gasteiger partial charge in [0.2, 0.25) is 5.91 Å². The van der Waals surface area contributed by atoms with Gasteiger partial charge in [-0.1, -0.05) is 0 Å². The summed E-state index contributed by atoms with van der Waals surface area (Å²) >= 11 is 1.87. The highest BCUT2D eigenvalue weighted by Gasteiger charge is 2.23. The van der Waals surface area contributed by atoms with E-state index in [1.807, 2.05) is 25.6 Å². The molecule has 1 amide bonds. The van der Waals surface area contributed by atoms with Crippen molar-refractivity contribution in [2.75, 3.05) is 25.1 Å². The highest BCUT2D eigenvalue weighted by molar-refractivity contribution is 7.98. The van der Waals surface area contributed by atoms with Crippen molar-refractivity contribution in [2.24, 2.45) is 11.1 Å². The maximum Gasteiger partial charge on any atom is 0.224 e. The molecule has 14 heavy (non-hydrogen) atoms. The quantitative estimate of drug-likeness (QED) is 0.603. The van der Waals surface area contributed by atoms with Crippen molar-refractivity contribution in [3.8, 4) is 0 Å². The van der Waals surface area contributed by atoms with E-state index in [2.05, 4.69) is 11.6 Å². The molecule has 0 aromatic heterocycles. The topological polar surface area (TPSA) is 55.1 Å². The molecule has 0 aliphatic heterocycles. The minimum atomic E-state index is -0.431. The van der Waals surface area contributed by atoms with Crippen molar-refractivity contribution < 1.29 is 4.79 Å². The lowest BCUT2D eigenvalue weighted by Gasteiger charge is -2.20. The zero-order valence-corrected chi connectivity index (χ0v) is 10.2. The maximum absolute atomic E-state index is 11.0. The molecule has 0 fully saturated rings. The van der Waals surface area contributed by atoms with Gasteiger partial charge in [-0.2, -0.15) is 11.8 Å². The van der Waals surface area contributed by atoms with Crippen LogP contribution in [0.1, 0.15) is 26.7 Å². The summed E-state index contributed by atoms with van der Waals surface area (Å²) in [5.74, 6) is 0.968. The summed E-state index contributed by atoms with van der Waals surface area (Å²) in [4.78, 5) is 11.0. The first-order valence-corrected chi connectivity index (χ1v) is 6.39. The van der Waals surface area contributed by atoms with Gasteiger partial charge < -0.3 is 11.1 Å². The zero-order valence-electron chi connectivity index (χ0n) is 9.43. The molecule has 0 heterocycles. The molecule has 0 rings (SSSR count). The number of carbonyl (C=O) groups is 1. The average Bonchev–Trinajstić information content (AvgIpc) is 2.10. The van der Waals surface area contributed by atoms with Crippen LogP contribution in [-0.4, -0.2) is 31.0 Å². The third kappa shape index (κ3) is 6.27. The van der Waals surface area contributed by atoms with Gasteiger partial charge in [-0.3, -0.25) is 4.79 Å². The Morgan fingerprint density at radius 3 is 2.57 bits per heavy atom. The molecule has 0 aromatic carbocycles. The molecule has 0 aliphatic rings. The van der Waals surface area contributed by atoms with Crippen LogP contribution in [-0.2, 0) is 4.79 Å². The molecule has 0 aromatic rings. The standard InChI is InChI=1S/C10H22N2OS/c1-10(2,9(11)13)8-12-6-4-5-7-14-3/h12H,4-8H2,1-3H3,(H2,11,13). The Bertz CT molecular complexity index is 172. The number of hydrogen-bond acceptors (Lipinski definition) is 3. The van der Waals surface area contributed by atoms with Crippen LogP contribution in [0.2, 0.25) is 0 Å². The second-order valence-corrected chi connectivity index (χ2v) is 5.11. The van der Waals surface area contributed by atoms with Crippen molar-refractivity contribution >= 4 is 17.7 Å². The Morgan fingerprint density at radius 1 is 1.43 bits per heavy atom. The van der Waals surface area contributed by atoms with Crippen LogP contribution in [0, 0.1) is 5.41 Å². The lowest BCUT2D eigenvalue weighted by molar-refractivity contribution is -0.125. The van der Waals surface area contributed by atoms with E-state index in [1.165, 1.54) is 12.2 Å². The summed E-state index contributed by atoms with van der Waals surface area (Å²) in [6.07, 6.45) is 4.50.